The number of amides is 1. The number of methoxy groups -OCH3 is 1. The van der Waals surface area contributed by atoms with Gasteiger partial charge in [0.05, 0.1) is 18.9 Å². The van der Waals surface area contributed by atoms with Crippen LogP contribution in [0.2, 0.25) is 0 Å². The predicted octanol–water partition coefficient (Wildman–Crippen LogP) is 8.63. The molecule has 2 aromatic carbocycles. The maximum Gasteiger partial charge on any atom is 0.343 e. The first-order chi connectivity index (χ1) is 19.1. The number of hydrogen-bond acceptors (Lipinski definition) is 5. The van der Waals surface area contributed by atoms with Crippen LogP contribution in [0.5, 0.6) is 11.5 Å². The van der Waals surface area contributed by atoms with Crippen molar-refractivity contribution in [3.05, 3.63) is 59.7 Å². The molecule has 0 saturated carbocycles. The zero-order chi connectivity index (χ0) is 28.0. The summed E-state index contributed by atoms with van der Waals surface area (Å²) in [4.78, 5) is 24.4. The van der Waals surface area contributed by atoms with Gasteiger partial charge < -0.3 is 9.47 Å². The van der Waals surface area contributed by atoms with Crippen molar-refractivity contribution < 1.29 is 19.1 Å². The van der Waals surface area contributed by atoms with Crippen molar-refractivity contribution in [2.45, 2.75) is 110 Å². The number of esters is 1. The number of hydrogen-bond donors (Lipinski definition) is 1. The van der Waals surface area contributed by atoms with Crippen molar-refractivity contribution in [1.29, 1.82) is 0 Å². The molecular weight excluding hydrogens is 488 g/mol. The molecule has 2 aromatic rings. The van der Waals surface area contributed by atoms with Crippen LogP contribution in [0.4, 0.5) is 0 Å². The highest BCUT2D eigenvalue weighted by Gasteiger charge is 2.12. The van der Waals surface area contributed by atoms with Crippen molar-refractivity contribution in [2.75, 3.05) is 7.11 Å². The molecular formula is C33H48N2O4. The van der Waals surface area contributed by atoms with Crippen LogP contribution in [0.1, 0.15) is 126 Å². The molecule has 0 heterocycles. The molecule has 0 aliphatic heterocycles. The van der Waals surface area contributed by atoms with Crippen LogP contribution in [0.15, 0.2) is 53.6 Å². The minimum atomic E-state index is -0.457. The summed E-state index contributed by atoms with van der Waals surface area (Å²) in [6.45, 7) is 2.27. The zero-order valence-corrected chi connectivity index (χ0v) is 24.1. The Morgan fingerprint density at radius 3 is 1.87 bits per heavy atom. The van der Waals surface area contributed by atoms with E-state index in [-0.39, 0.29) is 5.91 Å². The molecule has 1 N–H and O–H groups in total. The van der Waals surface area contributed by atoms with Crippen molar-refractivity contribution in [3.8, 4) is 11.5 Å². The van der Waals surface area contributed by atoms with E-state index in [0.29, 0.717) is 23.5 Å². The van der Waals surface area contributed by atoms with Gasteiger partial charge >= 0.3 is 5.97 Å². The van der Waals surface area contributed by atoms with Gasteiger partial charge in [0.15, 0.2) is 11.5 Å². The minimum Gasteiger partial charge on any atom is -0.493 e. The number of carbonyl (C=O) groups excluding carboxylic acids is 2. The van der Waals surface area contributed by atoms with Gasteiger partial charge in [0.1, 0.15) is 0 Å². The van der Waals surface area contributed by atoms with E-state index in [4.69, 9.17) is 9.47 Å². The smallest absolute Gasteiger partial charge is 0.343 e. The molecule has 0 atom stereocenters. The first-order valence-corrected chi connectivity index (χ1v) is 14.9. The number of nitrogens with zero attached hydrogens (tertiary/aromatic N) is 1. The fraction of sp³-hybridized carbons (Fsp3) is 0.545. The Morgan fingerprint density at radius 2 is 1.31 bits per heavy atom. The number of nitrogens with one attached hydrogen (secondary N) is 1. The van der Waals surface area contributed by atoms with Crippen LogP contribution >= 0.6 is 0 Å². The quantitative estimate of drug-likeness (QED) is 0.0569. The van der Waals surface area contributed by atoms with Gasteiger partial charge in [-0.25, -0.2) is 10.2 Å². The second-order valence-electron chi connectivity index (χ2n) is 10.2. The largest absolute Gasteiger partial charge is 0.493 e. The molecule has 1 amide bonds. The Morgan fingerprint density at radius 1 is 0.744 bits per heavy atom. The molecule has 6 nitrogen and oxygen atoms in total. The average molecular weight is 537 g/mol. The van der Waals surface area contributed by atoms with E-state index in [2.05, 4.69) is 17.5 Å². The standard InChI is InChI=1S/C33H48N2O4/c1-3-4-5-6-7-8-9-10-11-12-13-14-15-16-20-23-32(36)35-34-27-28-24-25-30(31(26-28)38-2)39-33(37)29-21-18-17-19-22-29/h17-19,21-22,24-27H,3-16,20,23H2,1-2H3,(H,35,36)/b34-27-. The second-order valence-corrected chi connectivity index (χ2v) is 10.2. The number of unbranched alkanes of at least 4 members (excludes halogenated alkanes) is 14. The Hall–Kier alpha value is -3.15. The lowest BCUT2D eigenvalue weighted by Crippen LogP contribution is -2.16. The third-order valence-corrected chi connectivity index (χ3v) is 6.81. The minimum absolute atomic E-state index is 0.0821. The second kappa shape index (κ2) is 20.8. The van der Waals surface area contributed by atoms with Crippen LogP contribution in [-0.4, -0.2) is 25.2 Å². The van der Waals surface area contributed by atoms with E-state index < -0.39 is 5.97 Å². The molecule has 0 radical (unpaired) electrons. The summed E-state index contributed by atoms with van der Waals surface area (Å²) in [5.41, 5.74) is 3.77. The average Bonchev–Trinajstić information content (AvgIpc) is 2.96. The number of rotatable bonds is 21. The summed E-state index contributed by atoms with van der Waals surface area (Å²) < 4.78 is 10.8. The lowest BCUT2D eigenvalue weighted by molar-refractivity contribution is -0.121. The molecule has 39 heavy (non-hydrogen) atoms. The summed E-state index contributed by atoms with van der Waals surface area (Å²) >= 11 is 0. The van der Waals surface area contributed by atoms with Gasteiger partial charge in [0.2, 0.25) is 5.91 Å². The van der Waals surface area contributed by atoms with Crippen LogP contribution in [0, 0.1) is 0 Å². The van der Waals surface area contributed by atoms with E-state index in [1.807, 2.05) is 6.07 Å². The lowest BCUT2D eigenvalue weighted by Gasteiger charge is -2.10. The topological polar surface area (TPSA) is 77.0 Å². The maximum absolute atomic E-state index is 12.3. The summed E-state index contributed by atoms with van der Waals surface area (Å²) in [7, 11) is 1.51. The van der Waals surface area contributed by atoms with E-state index in [0.717, 1.165) is 18.4 Å². The van der Waals surface area contributed by atoms with Gasteiger partial charge in [-0.05, 0) is 42.3 Å². The highest BCUT2D eigenvalue weighted by atomic mass is 16.6. The fourth-order valence-corrected chi connectivity index (χ4v) is 4.47. The Kier molecular flexibility index (Phi) is 17.1. The first kappa shape index (κ1) is 32.1. The maximum atomic E-state index is 12.3. The van der Waals surface area contributed by atoms with Gasteiger partial charge in [-0.15, -0.1) is 0 Å². The Bertz CT molecular complexity index is 975. The molecule has 0 unspecified atom stereocenters. The van der Waals surface area contributed by atoms with Gasteiger partial charge in [0, 0.05) is 6.42 Å². The van der Waals surface area contributed by atoms with E-state index >= 15 is 0 Å². The SMILES string of the molecule is CCCCCCCCCCCCCCCCCC(=O)N/N=C\c1ccc(OC(=O)c2ccccc2)c(OC)c1. The molecule has 0 saturated heterocycles. The van der Waals surface area contributed by atoms with Crippen LogP contribution in [0.25, 0.3) is 0 Å². The monoisotopic (exact) mass is 536 g/mol. The summed E-state index contributed by atoms with van der Waals surface area (Å²) in [5, 5.41) is 4.06. The van der Waals surface area contributed by atoms with Crippen LogP contribution in [-0.2, 0) is 4.79 Å². The van der Waals surface area contributed by atoms with Gasteiger partial charge in [-0.1, -0.05) is 115 Å². The summed E-state index contributed by atoms with van der Waals surface area (Å²) in [5.74, 6) is 0.191. The Balaban J connectivity index is 1.53. The van der Waals surface area contributed by atoms with Gasteiger partial charge in [0.25, 0.3) is 0 Å². The van der Waals surface area contributed by atoms with E-state index in [9.17, 15) is 9.59 Å². The number of hydrazone groups is 1. The molecule has 0 aliphatic rings. The normalized spacial score (nSPS) is 11.0. The zero-order valence-electron chi connectivity index (χ0n) is 24.1. The van der Waals surface area contributed by atoms with Crippen molar-refractivity contribution >= 4 is 18.1 Å². The third-order valence-electron chi connectivity index (χ3n) is 6.81. The molecule has 0 aliphatic carbocycles. The van der Waals surface area contributed by atoms with Gasteiger partial charge in [-0.2, -0.15) is 5.10 Å². The number of benzene rings is 2. The van der Waals surface area contributed by atoms with Crippen molar-refractivity contribution in [1.82, 2.24) is 5.43 Å². The van der Waals surface area contributed by atoms with E-state index in [1.165, 1.54) is 90.6 Å². The van der Waals surface area contributed by atoms with Gasteiger partial charge in [-0.3, -0.25) is 4.79 Å². The lowest BCUT2D eigenvalue weighted by atomic mass is 10.0. The Labute approximate surface area is 235 Å². The first-order valence-electron chi connectivity index (χ1n) is 14.9. The summed E-state index contributed by atoms with van der Waals surface area (Å²) in [6, 6.07) is 13.9. The van der Waals surface area contributed by atoms with Crippen molar-refractivity contribution in [2.24, 2.45) is 5.10 Å². The van der Waals surface area contributed by atoms with Crippen LogP contribution < -0.4 is 14.9 Å². The van der Waals surface area contributed by atoms with Crippen LogP contribution in [0.3, 0.4) is 0 Å². The number of carbonyl (C=O) groups is 2. The molecule has 6 heteroatoms. The van der Waals surface area contributed by atoms with Crippen molar-refractivity contribution in [3.63, 3.8) is 0 Å². The molecule has 214 valence electrons. The third kappa shape index (κ3) is 14.5. The van der Waals surface area contributed by atoms with E-state index in [1.54, 1.807) is 48.7 Å². The summed E-state index contributed by atoms with van der Waals surface area (Å²) in [6.07, 6.45) is 21.6. The predicted molar refractivity (Wildman–Crippen MR) is 160 cm³/mol. The number of ether oxygens (including phenoxy) is 2. The molecule has 0 fully saturated rings. The molecule has 0 spiro atoms. The fourth-order valence-electron chi connectivity index (χ4n) is 4.47. The molecule has 0 bridgehead atoms. The molecule has 2 rings (SSSR count). The molecule has 0 aromatic heterocycles. The highest BCUT2D eigenvalue weighted by molar-refractivity contribution is 5.91. The highest BCUT2D eigenvalue weighted by Crippen LogP contribution is 2.28.